The summed E-state index contributed by atoms with van der Waals surface area (Å²) < 4.78 is 2.05. The van der Waals surface area contributed by atoms with E-state index < -0.39 is 0 Å². The topological polar surface area (TPSA) is 29.9 Å². The number of nitrogens with zero attached hydrogens (tertiary/aromatic N) is 2. The second kappa shape index (κ2) is 7.10. The molecule has 1 heterocycles. The van der Waals surface area contributed by atoms with E-state index >= 15 is 0 Å². The average molecular weight is 340 g/mol. The first-order chi connectivity index (χ1) is 11.5. The summed E-state index contributed by atoms with van der Waals surface area (Å²) in [6.45, 7) is 5.16. The Morgan fingerprint density at radius 3 is 2.54 bits per heavy atom. The minimum atomic E-state index is 0.557. The summed E-state index contributed by atoms with van der Waals surface area (Å²) in [7, 11) is 2.01. The quantitative estimate of drug-likeness (QED) is 0.667. The molecule has 0 saturated carbocycles. The van der Waals surface area contributed by atoms with Crippen molar-refractivity contribution in [1.29, 1.82) is 0 Å². The van der Waals surface area contributed by atoms with E-state index in [-0.39, 0.29) is 0 Å². The first-order valence-corrected chi connectivity index (χ1v) is 8.53. The van der Waals surface area contributed by atoms with Crippen molar-refractivity contribution in [3.63, 3.8) is 0 Å². The van der Waals surface area contributed by atoms with Gasteiger partial charge in [-0.1, -0.05) is 61.8 Å². The Hall–Kier alpha value is -2.26. The number of benzene rings is 2. The molecule has 0 radical (unpaired) electrons. The van der Waals surface area contributed by atoms with Crippen LogP contribution in [0.5, 0.6) is 0 Å². The Labute approximate surface area is 148 Å². The lowest BCUT2D eigenvalue weighted by atomic mass is 10.0. The molecule has 0 unspecified atom stereocenters. The molecule has 0 fully saturated rings. The number of halogens is 1. The maximum absolute atomic E-state index is 6.08. The van der Waals surface area contributed by atoms with E-state index in [2.05, 4.69) is 48.4 Å². The lowest BCUT2D eigenvalue weighted by Crippen LogP contribution is -2.05. The highest BCUT2D eigenvalue weighted by molar-refractivity contribution is 6.30. The normalized spacial score (nSPS) is 11.0. The molecule has 1 aromatic heterocycles. The molecule has 1 N–H and O–H groups in total. The smallest absolute Gasteiger partial charge is 0.203 e. The Balaban J connectivity index is 1.72. The van der Waals surface area contributed by atoms with Crippen LogP contribution in [0.1, 0.15) is 30.9 Å². The molecule has 0 aliphatic rings. The zero-order chi connectivity index (χ0) is 17.1. The van der Waals surface area contributed by atoms with Crippen LogP contribution in [0.3, 0.4) is 0 Å². The molecule has 0 aliphatic heterocycles. The third kappa shape index (κ3) is 3.62. The standard InChI is InChI=1S/C20H22ClN3/c1-14(2)16-9-7-15(8-10-16)12-22-20-23-13-19(24(20)3)17-5-4-6-18(21)11-17/h4-11,13-14H,12H2,1-3H3,(H,22,23). The summed E-state index contributed by atoms with van der Waals surface area (Å²) in [5, 5.41) is 4.13. The fraction of sp³-hybridized carbons (Fsp3) is 0.250. The van der Waals surface area contributed by atoms with E-state index in [1.807, 2.05) is 42.1 Å². The Bertz CT molecular complexity index is 819. The van der Waals surface area contributed by atoms with Crippen LogP contribution in [0, 0.1) is 0 Å². The maximum atomic E-state index is 6.08. The summed E-state index contributed by atoms with van der Waals surface area (Å²) in [6, 6.07) is 16.5. The number of rotatable bonds is 5. The van der Waals surface area contributed by atoms with Crippen molar-refractivity contribution in [1.82, 2.24) is 9.55 Å². The number of hydrogen-bond acceptors (Lipinski definition) is 2. The number of aromatic nitrogens is 2. The summed E-state index contributed by atoms with van der Waals surface area (Å²) in [6.07, 6.45) is 1.87. The second-order valence-corrected chi connectivity index (χ2v) is 6.72. The van der Waals surface area contributed by atoms with E-state index in [9.17, 15) is 0 Å². The third-order valence-electron chi connectivity index (χ3n) is 4.21. The molecule has 4 heteroatoms. The second-order valence-electron chi connectivity index (χ2n) is 6.29. The molecule has 24 heavy (non-hydrogen) atoms. The minimum Gasteiger partial charge on any atom is -0.352 e. The number of imidazole rings is 1. The number of nitrogens with one attached hydrogen (secondary N) is 1. The molecule has 0 spiro atoms. The largest absolute Gasteiger partial charge is 0.352 e. The van der Waals surface area contributed by atoms with Crippen LogP contribution >= 0.6 is 11.6 Å². The van der Waals surface area contributed by atoms with E-state index in [0.29, 0.717) is 5.92 Å². The predicted octanol–water partition coefficient (Wildman–Crippen LogP) is 5.48. The van der Waals surface area contributed by atoms with Crippen LogP contribution in [0.15, 0.2) is 54.7 Å². The zero-order valence-corrected chi connectivity index (χ0v) is 15.0. The molecular formula is C20H22ClN3. The van der Waals surface area contributed by atoms with Gasteiger partial charge in [-0.05, 0) is 29.2 Å². The van der Waals surface area contributed by atoms with E-state index in [4.69, 9.17) is 11.6 Å². The molecule has 0 atom stereocenters. The fourth-order valence-corrected chi connectivity index (χ4v) is 2.88. The van der Waals surface area contributed by atoms with E-state index in [1.54, 1.807) is 0 Å². The summed E-state index contributed by atoms with van der Waals surface area (Å²) in [5.74, 6) is 1.40. The highest BCUT2D eigenvalue weighted by Crippen LogP contribution is 2.24. The SMILES string of the molecule is CC(C)c1ccc(CNc2ncc(-c3cccc(Cl)c3)n2C)cc1. The minimum absolute atomic E-state index is 0.557. The highest BCUT2D eigenvalue weighted by atomic mass is 35.5. The lowest BCUT2D eigenvalue weighted by Gasteiger charge is -2.10. The van der Waals surface area contributed by atoms with Gasteiger partial charge in [0, 0.05) is 24.2 Å². The Morgan fingerprint density at radius 2 is 1.88 bits per heavy atom. The van der Waals surface area contributed by atoms with Gasteiger partial charge in [0.15, 0.2) is 0 Å². The van der Waals surface area contributed by atoms with Gasteiger partial charge < -0.3 is 9.88 Å². The van der Waals surface area contributed by atoms with Crippen LogP contribution in [-0.2, 0) is 13.6 Å². The van der Waals surface area contributed by atoms with Crippen molar-refractivity contribution in [2.45, 2.75) is 26.3 Å². The average Bonchev–Trinajstić information content (AvgIpc) is 2.94. The summed E-state index contributed by atoms with van der Waals surface area (Å²) in [5.41, 5.74) is 4.70. The predicted molar refractivity (Wildman–Crippen MR) is 102 cm³/mol. The molecule has 124 valence electrons. The molecule has 3 aromatic rings. The van der Waals surface area contributed by atoms with Crippen LogP contribution in [0.2, 0.25) is 5.02 Å². The van der Waals surface area contributed by atoms with Crippen molar-refractivity contribution in [3.8, 4) is 11.3 Å². The van der Waals surface area contributed by atoms with Gasteiger partial charge in [-0.15, -0.1) is 0 Å². The van der Waals surface area contributed by atoms with Gasteiger partial charge in [-0.2, -0.15) is 0 Å². The number of hydrogen-bond donors (Lipinski definition) is 1. The fourth-order valence-electron chi connectivity index (χ4n) is 2.69. The first kappa shape index (κ1) is 16.6. The van der Waals surface area contributed by atoms with Gasteiger partial charge in [-0.3, -0.25) is 0 Å². The molecule has 3 rings (SSSR count). The van der Waals surface area contributed by atoms with Crippen LogP contribution < -0.4 is 5.32 Å². The molecule has 0 amide bonds. The number of anilines is 1. The Morgan fingerprint density at radius 1 is 1.12 bits per heavy atom. The van der Waals surface area contributed by atoms with Crippen LogP contribution in [-0.4, -0.2) is 9.55 Å². The zero-order valence-electron chi connectivity index (χ0n) is 14.3. The van der Waals surface area contributed by atoms with Gasteiger partial charge >= 0.3 is 0 Å². The molecule has 2 aromatic carbocycles. The summed E-state index contributed by atoms with van der Waals surface area (Å²) >= 11 is 6.08. The van der Waals surface area contributed by atoms with Gasteiger partial charge in [0.25, 0.3) is 0 Å². The van der Waals surface area contributed by atoms with Crippen LogP contribution in [0.4, 0.5) is 5.95 Å². The van der Waals surface area contributed by atoms with Gasteiger partial charge in [0.1, 0.15) is 0 Å². The lowest BCUT2D eigenvalue weighted by molar-refractivity contribution is 0.864. The van der Waals surface area contributed by atoms with E-state index in [0.717, 1.165) is 28.8 Å². The molecular weight excluding hydrogens is 318 g/mol. The molecule has 0 aliphatic carbocycles. The van der Waals surface area contributed by atoms with Crippen LogP contribution in [0.25, 0.3) is 11.3 Å². The monoisotopic (exact) mass is 339 g/mol. The van der Waals surface area contributed by atoms with Gasteiger partial charge in [0.2, 0.25) is 5.95 Å². The van der Waals surface area contributed by atoms with Crippen molar-refractivity contribution in [3.05, 3.63) is 70.9 Å². The first-order valence-electron chi connectivity index (χ1n) is 8.15. The van der Waals surface area contributed by atoms with Crippen molar-refractivity contribution in [2.75, 3.05) is 5.32 Å². The molecule has 0 saturated heterocycles. The molecule has 0 bridgehead atoms. The van der Waals surface area contributed by atoms with Crippen molar-refractivity contribution >= 4 is 17.5 Å². The van der Waals surface area contributed by atoms with Crippen molar-refractivity contribution in [2.24, 2.45) is 7.05 Å². The van der Waals surface area contributed by atoms with Gasteiger partial charge in [0.05, 0.1) is 11.9 Å². The third-order valence-corrected chi connectivity index (χ3v) is 4.44. The molecule has 3 nitrogen and oxygen atoms in total. The van der Waals surface area contributed by atoms with Crippen molar-refractivity contribution < 1.29 is 0 Å². The summed E-state index contributed by atoms with van der Waals surface area (Å²) in [4.78, 5) is 4.49. The highest BCUT2D eigenvalue weighted by Gasteiger charge is 2.09. The van der Waals surface area contributed by atoms with E-state index in [1.165, 1.54) is 11.1 Å². The maximum Gasteiger partial charge on any atom is 0.203 e. The Kier molecular flexibility index (Phi) is 4.91. The van der Waals surface area contributed by atoms with Gasteiger partial charge in [-0.25, -0.2) is 4.98 Å².